The lowest BCUT2D eigenvalue weighted by atomic mass is 10.3. The fraction of sp³-hybridized carbons (Fsp3) is 0.333. The first kappa shape index (κ1) is 12.0. The molecule has 78 valence electrons. The summed E-state index contributed by atoms with van der Waals surface area (Å²) >= 11 is 15.6. The van der Waals surface area contributed by atoms with Crippen molar-refractivity contribution in [1.29, 1.82) is 0 Å². The van der Waals surface area contributed by atoms with Crippen LogP contribution in [-0.2, 0) is 0 Å². The van der Waals surface area contributed by atoms with Crippen molar-refractivity contribution >= 4 is 41.5 Å². The third-order valence-corrected chi connectivity index (χ3v) is 2.73. The molecule has 0 aliphatic rings. The van der Waals surface area contributed by atoms with Crippen LogP contribution in [0.5, 0.6) is 0 Å². The highest BCUT2D eigenvalue weighted by atomic mass is 35.5. The molecule has 0 saturated carbocycles. The number of benzene rings is 1. The van der Waals surface area contributed by atoms with Crippen LogP contribution in [0.1, 0.15) is 0 Å². The molecule has 5 heteroatoms. The first-order valence-corrected chi connectivity index (χ1v) is 5.46. The molecule has 1 unspecified atom stereocenters. The van der Waals surface area contributed by atoms with E-state index in [1.165, 1.54) is 0 Å². The molecule has 0 bridgehead atoms. The Morgan fingerprint density at radius 2 is 2.21 bits per heavy atom. The lowest BCUT2D eigenvalue weighted by Crippen LogP contribution is -2.21. The van der Waals surface area contributed by atoms with Crippen molar-refractivity contribution in [3.63, 3.8) is 0 Å². The first-order valence-electron chi connectivity index (χ1n) is 4.10. The van der Waals surface area contributed by atoms with Gasteiger partial charge in [-0.05, 0) is 12.1 Å². The highest BCUT2D eigenvalue weighted by Gasteiger charge is 2.06. The lowest BCUT2D eigenvalue weighted by Gasteiger charge is -2.12. The van der Waals surface area contributed by atoms with Crippen LogP contribution >= 0.6 is 35.8 Å². The van der Waals surface area contributed by atoms with Gasteiger partial charge in [0.2, 0.25) is 0 Å². The smallest absolute Gasteiger partial charge is 0.0847 e. The van der Waals surface area contributed by atoms with Gasteiger partial charge in [-0.1, -0.05) is 17.7 Å². The number of anilines is 1. The Labute approximate surface area is 98.6 Å². The van der Waals surface area contributed by atoms with E-state index < -0.39 is 6.10 Å². The van der Waals surface area contributed by atoms with Crippen LogP contribution in [0.4, 0.5) is 5.69 Å². The minimum absolute atomic E-state index is 0.194. The van der Waals surface area contributed by atoms with Crippen LogP contribution < -0.4 is 5.32 Å². The first-order chi connectivity index (χ1) is 6.65. The number of hydrogen-bond donors (Lipinski definition) is 3. The van der Waals surface area contributed by atoms with Gasteiger partial charge in [-0.2, -0.15) is 0 Å². The zero-order valence-electron chi connectivity index (χ0n) is 7.37. The van der Waals surface area contributed by atoms with E-state index in [4.69, 9.17) is 23.2 Å². The molecule has 0 aliphatic heterocycles. The zero-order valence-corrected chi connectivity index (χ0v) is 9.78. The molecule has 14 heavy (non-hydrogen) atoms. The number of rotatable bonds is 4. The van der Waals surface area contributed by atoms with E-state index in [9.17, 15) is 5.11 Å². The fourth-order valence-electron chi connectivity index (χ4n) is 0.962. The lowest BCUT2D eigenvalue weighted by molar-refractivity contribution is 0.211. The Morgan fingerprint density at radius 3 is 2.79 bits per heavy atom. The van der Waals surface area contributed by atoms with Crippen LogP contribution in [0, 0.1) is 0 Å². The molecule has 0 spiro atoms. The fourth-order valence-corrected chi connectivity index (χ4v) is 1.66. The van der Waals surface area contributed by atoms with Crippen molar-refractivity contribution in [3.05, 3.63) is 23.2 Å². The Kier molecular flexibility index (Phi) is 4.89. The van der Waals surface area contributed by atoms with Crippen LogP contribution in [0.15, 0.2) is 23.1 Å². The van der Waals surface area contributed by atoms with E-state index in [2.05, 4.69) is 17.9 Å². The summed E-state index contributed by atoms with van der Waals surface area (Å²) in [5.41, 5.74) is 0.724. The molecule has 1 atom stereocenters. The standard InChI is InChI=1S/C9H11Cl2NOS/c10-4-6(13)5-12-9-7(11)2-1-3-8(9)14/h1-3,6,12-14H,4-5H2. The van der Waals surface area contributed by atoms with E-state index in [0.29, 0.717) is 11.6 Å². The molecular formula is C9H11Cl2NOS. The maximum Gasteiger partial charge on any atom is 0.0847 e. The maximum absolute atomic E-state index is 9.24. The topological polar surface area (TPSA) is 32.3 Å². The molecule has 0 radical (unpaired) electrons. The van der Waals surface area contributed by atoms with Gasteiger partial charge in [0, 0.05) is 11.4 Å². The molecule has 0 aliphatic carbocycles. The summed E-state index contributed by atoms with van der Waals surface area (Å²) < 4.78 is 0. The normalized spacial score (nSPS) is 12.6. The van der Waals surface area contributed by atoms with Gasteiger partial charge in [0.15, 0.2) is 0 Å². The summed E-state index contributed by atoms with van der Waals surface area (Å²) in [7, 11) is 0. The van der Waals surface area contributed by atoms with Gasteiger partial charge in [0.1, 0.15) is 0 Å². The predicted octanol–water partition coefficient (Wildman–Crippen LogP) is 2.64. The number of aliphatic hydroxyl groups excluding tert-OH is 1. The minimum Gasteiger partial charge on any atom is -0.390 e. The van der Waals surface area contributed by atoms with E-state index in [1.54, 1.807) is 6.07 Å². The predicted molar refractivity (Wildman–Crippen MR) is 63.9 cm³/mol. The molecular weight excluding hydrogens is 241 g/mol. The summed E-state index contributed by atoms with van der Waals surface area (Å²) in [5, 5.41) is 12.8. The Balaban J connectivity index is 2.66. The molecule has 0 saturated heterocycles. The summed E-state index contributed by atoms with van der Waals surface area (Å²) in [5.74, 6) is 0.194. The van der Waals surface area contributed by atoms with Crippen LogP contribution in [0.2, 0.25) is 5.02 Å². The number of nitrogens with one attached hydrogen (secondary N) is 1. The second-order valence-corrected chi connectivity index (χ2v) is 4.02. The van der Waals surface area contributed by atoms with Crippen molar-refractivity contribution in [2.45, 2.75) is 11.0 Å². The van der Waals surface area contributed by atoms with Gasteiger partial charge in [-0.3, -0.25) is 0 Å². The van der Waals surface area contributed by atoms with Gasteiger partial charge in [0.05, 0.1) is 22.7 Å². The van der Waals surface area contributed by atoms with Gasteiger partial charge in [-0.25, -0.2) is 0 Å². The van der Waals surface area contributed by atoms with E-state index >= 15 is 0 Å². The Bertz CT molecular complexity index is 289. The van der Waals surface area contributed by atoms with Crippen molar-refractivity contribution in [1.82, 2.24) is 0 Å². The molecule has 2 N–H and O–H groups in total. The summed E-state index contributed by atoms with van der Waals surface area (Å²) in [6.07, 6.45) is -0.583. The van der Waals surface area contributed by atoms with Crippen molar-refractivity contribution in [2.75, 3.05) is 17.7 Å². The Morgan fingerprint density at radius 1 is 1.50 bits per heavy atom. The quantitative estimate of drug-likeness (QED) is 0.568. The highest BCUT2D eigenvalue weighted by molar-refractivity contribution is 7.80. The van der Waals surface area contributed by atoms with Gasteiger partial charge < -0.3 is 10.4 Å². The molecule has 0 aromatic heterocycles. The van der Waals surface area contributed by atoms with Crippen molar-refractivity contribution in [2.24, 2.45) is 0 Å². The molecule has 1 aromatic carbocycles. The minimum atomic E-state index is -0.583. The van der Waals surface area contributed by atoms with Gasteiger partial charge in [0.25, 0.3) is 0 Å². The van der Waals surface area contributed by atoms with E-state index in [0.717, 1.165) is 10.6 Å². The third-order valence-electron chi connectivity index (χ3n) is 1.68. The molecule has 2 nitrogen and oxygen atoms in total. The molecule has 1 aromatic rings. The van der Waals surface area contributed by atoms with Crippen molar-refractivity contribution < 1.29 is 5.11 Å². The number of halogens is 2. The maximum atomic E-state index is 9.24. The largest absolute Gasteiger partial charge is 0.390 e. The third kappa shape index (κ3) is 3.24. The molecule has 0 heterocycles. The second-order valence-electron chi connectivity index (χ2n) is 2.82. The molecule has 1 rings (SSSR count). The number of para-hydroxylation sites is 1. The van der Waals surface area contributed by atoms with Crippen LogP contribution in [-0.4, -0.2) is 23.6 Å². The summed E-state index contributed by atoms with van der Waals surface area (Å²) in [6.45, 7) is 0.362. The number of hydrogen-bond acceptors (Lipinski definition) is 3. The molecule has 0 amide bonds. The van der Waals surface area contributed by atoms with Gasteiger partial charge >= 0.3 is 0 Å². The molecule has 0 fully saturated rings. The van der Waals surface area contributed by atoms with Crippen LogP contribution in [0.25, 0.3) is 0 Å². The zero-order chi connectivity index (χ0) is 10.6. The second kappa shape index (κ2) is 5.71. The van der Waals surface area contributed by atoms with Gasteiger partial charge in [-0.15, -0.1) is 24.2 Å². The Hall–Kier alpha value is -0.0900. The van der Waals surface area contributed by atoms with E-state index in [1.807, 2.05) is 12.1 Å². The highest BCUT2D eigenvalue weighted by Crippen LogP contribution is 2.28. The average Bonchev–Trinajstić information content (AvgIpc) is 2.16. The van der Waals surface area contributed by atoms with Crippen molar-refractivity contribution in [3.8, 4) is 0 Å². The number of thiol groups is 1. The van der Waals surface area contributed by atoms with Crippen LogP contribution in [0.3, 0.4) is 0 Å². The van der Waals surface area contributed by atoms with E-state index in [-0.39, 0.29) is 5.88 Å². The number of aliphatic hydroxyl groups is 1. The summed E-state index contributed by atoms with van der Waals surface area (Å²) in [4.78, 5) is 0.749. The SMILES string of the molecule is OC(CCl)CNc1c(S)cccc1Cl. The number of alkyl halides is 1. The monoisotopic (exact) mass is 251 g/mol. The average molecular weight is 252 g/mol. The summed E-state index contributed by atoms with van der Waals surface area (Å²) in [6, 6.07) is 5.40.